The van der Waals surface area contributed by atoms with Gasteiger partial charge in [-0.3, -0.25) is 10.3 Å². The third kappa shape index (κ3) is 2.76. The van der Waals surface area contributed by atoms with E-state index in [1.165, 1.54) is 31.3 Å². The highest BCUT2D eigenvalue weighted by Crippen LogP contribution is 2.29. The number of esters is 1. The van der Waals surface area contributed by atoms with Gasteiger partial charge in [-0.15, -0.1) is 11.3 Å². The van der Waals surface area contributed by atoms with Crippen LogP contribution in [0.2, 0.25) is 0 Å². The number of aromatic nitrogens is 1. The summed E-state index contributed by atoms with van der Waals surface area (Å²) < 4.78 is 4.77. The smallest absolute Gasteiger partial charge is 0.328 e. The van der Waals surface area contributed by atoms with E-state index in [9.17, 15) is 4.79 Å². The first-order valence-corrected chi connectivity index (χ1v) is 5.89. The number of hydrogen-bond donors (Lipinski definition) is 1. The first-order valence-electron chi connectivity index (χ1n) is 5.01. The van der Waals surface area contributed by atoms with Gasteiger partial charge in [0.05, 0.1) is 17.5 Å². The van der Waals surface area contributed by atoms with Crippen LogP contribution < -0.4 is 5.32 Å². The molecule has 82 valence electrons. The molecule has 1 heterocycles. The molecular weight excluding hydrogens is 212 g/mol. The van der Waals surface area contributed by atoms with Gasteiger partial charge >= 0.3 is 5.97 Å². The fraction of sp³-hybridized carbons (Fsp3) is 0.600. The van der Waals surface area contributed by atoms with Gasteiger partial charge < -0.3 is 4.74 Å². The van der Waals surface area contributed by atoms with Crippen molar-refractivity contribution >= 4 is 17.3 Å². The van der Waals surface area contributed by atoms with Crippen LogP contribution in [0.4, 0.5) is 0 Å². The van der Waals surface area contributed by atoms with Crippen molar-refractivity contribution in [1.29, 1.82) is 0 Å². The maximum absolute atomic E-state index is 11.5. The van der Waals surface area contributed by atoms with E-state index in [1.54, 1.807) is 11.7 Å². The van der Waals surface area contributed by atoms with Gasteiger partial charge in [0, 0.05) is 6.20 Å². The first-order chi connectivity index (χ1) is 7.31. The summed E-state index contributed by atoms with van der Waals surface area (Å²) in [4.78, 5) is 16.4. The highest BCUT2D eigenvalue weighted by Gasteiger charge is 2.27. The van der Waals surface area contributed by atoms with Gasteiger partial charge in [-0.05, 0) is 25.3 Å². The van der Waals surface area contributed by atoms with Crippen molar-refractivity contribution in [2.75, 3.05) is 13.7 Å². The second-order valence-corrected chi connectivity index (χ2v) is 4.63. The van der Waals surface area contributed by atoms with E-state index in [2.05, 4.69) is 10.3 Å². The fourth-order valence-electron chi connectivity index (χ4n) is 1.39. The molecule has 1 saturated carbocycles. The quantitative estimate of drug-likeness (QED) is 0.770. The average molecular weight is 226 g/mol. The maximum atomic E-state index is 11.5. The molecule has 4 nitrogen and oxygen atoms in total. The molecule has 0 aliphatic heterocycles. The van der Waals surface area contributed by atoms with Crippen LogP contribution in [0.1, 0.15) is 23.8 Å². The Labute approximate surface area is 92.7 Å². The molecule has 1 aliphatic carbocycles. The SMILES string of the molecule is COC(=O)C(NCC1CC1)c1cncs1. The lowest BCUT2D eigenvalue weighted by Crippen LogP contribution is -2.30. The van der Waals surface area contributed by atoms with E-state index in [0.29, 0.717) is 0 Å². The highest BCUT2D eigenvalue weighted by molar-refractivity contribution is 7.09. The number of methoxy groups -OCH3 is 1. The van der Waals surface area contributed by atoms with E-state index in [4.69, 9.17) is 4.74 Å². The summed E-state index contributed by atoms with van der Waals surface area (Å²) >= 11 is 1.47. The monoisotopic (exact) mass is 226 g/mol. The van der Waals surface area contributed by atoms with Gasteiger partial charge in [-0.1, -0.05) is 0 Å². The van der Waals surface area contributed by atoms with E-state index in [-0.39, 0.29) is 12.0 Å². The molecule has 0 aromatic carbocycles. The van der Waals surface area contributed by atoms with Gasteiger partial charge in [-0.25, -0.2) is 4.79 Å². The largest absolute Gasteiger partial charge is 0.468 e. The number of thiazole rings is 1. The summed E-state index contributed by atoms with van der Waals surface area (Å²) in [6.07, 6.45) is 4.25. The highest BCUT2D eigenvalue weighted by atomic mass is 32.1. The normalized spacial score (nSPS) is 17.4. The van der Waals surface area contributed by atoms with E-state index >= 15 is 0 Å². The Morgan fingerprint density at radius 2 is 2.60 bits per heavy atom. The molecule has 1 aliphatic rings. The molecule has 2 rings (SSSR count). The predicted molar refractivity (Wildman–Crippen MR) is 57.6 cm³/mol. The van der Waals surface area contributed by atoms with Crippen LogP contribution in [0, 0.1) is 5.92 Å². The van der Waals surface area contributed by atoms with Crippen LogP contribution in [0.25, 0.3) is 0 Å². The molecule has 0 bridgehead atoms. The molecule has 5 heteroatoms. The lowest BCUT2D eigenvalue weighted by Gasteiger charge is -2.13. The standard InChI is InChI=1S/C10H14N2O2S/c1-14-10(13)9(8-5-11-6-15-8)12-4-7-2-3-7/h5-7,9,12H,2-4H2,1H3. The van der Waals surface area contributed by atoms with E-state index in [0.717, 1.165) is 17.3 Å². The minimum absolute atomic E-state index is 0.236. The molecule has 0 spiro atoms. The zero-order valence-corrected chi connectivity index (χ0v) is 9.42. The molecule has 0 radical (unpaired) electrons. The zero-order chi connectivity index (χ0) is 10.7. The van der Waals surface area contributed by atoms with Crippen LogP contribution in [-0.2, 0) is 9.53 Å². The van der Waals surface area contributed by atoms with Gasteiger partial charge in [0.25, 0.3) is 0 Å². The molecule has 0 saturated heterocycles. The summed E-state index contributed by atoms with van der Waals surface area (Å²) in [5.74, 6) is 0.505. The number of ether oxygens (including phenoxy) is 1. The van der Waals surface area contributed by atoms with Gasteiger partial charge in [0.15, 0.2) is 0 Å². The summed E-state index contributed by atoms with van der Waals surface area (Å²) in [6.45, 7) is 0.887. The predicted octanol–water partition coefficient (Wildman–Crippen LogP) is 1.36. The number of nitrogens with one attached hydrogen (secondary N) is 1. The number of rotatable bonds is 5. The number of carbonyl (C=O) groups excluding carboxylic acids is 1. The number of hydrogen-bond acceptors (Lipinski definition) is 5. The second kappa shape index (κ2) is 4.72. The van der Waals surface area contributed by atoms with Crippen LogP contribution in [0.15, 0.2) is 11.7 Å². The summed E-state index contributed by atoms with van der Waals surface area (Å²) in [5.41, 5.74) is 1.73. The molecule has 1 unspecified atom stereocenters. The number of carbonyl (C=O) groups is 1. The maximum Gasteiger partial charge on any atom is 0.328 e. The van der Waals surface area contributed by atoms with E-state index in [1.807, 2.05) is 0 Å². The topological polar surface area (TPSA) is 51.2 Å². The van der Waals surface area contributed by atoms with Gasteiger partial charge in [0.1, 0.15) is 6.04 Å². The Bertz CT molecular complexity index is 322. The molecule has 15 heavy (non-hydrogen) atoms. The first kappa shape index (κ1) is 10.6. The van der Waals surface area contributed by atoms with Crippen LogP contribution >= 0.6 is 11.3 Å². The molecular formula is C10H14N2O2S. The van der Waals surface area contributed by atoms with Crippen molar-refractivity contribution in [3.05, 3.63) is 16.6 Å². The van der Waals surface area contributed by atoms with Crippen LogP contribution in [0.3, 0.4) is 0 Å². The molecule has 1 fully saturated rings. The molecule has 1 aromatic heterocycles. The summed E-state index contributed by atoms with van der Waals surface area (Å²) in [5, 5.41) is 3.23. The third-order valence-electron chi connectivity index (χ3n) is 2.48. The number of nitrogens with zero attached hydrogens (tertiary/aromatic N) is 1. The van der Waals surface area contributed by atoms with Crippen LogP contribution in [0.5, 0.6) is 0 Å². The van der Waals surface area contributed by atoms with Crippen molar-refractivity contribution in [1.82, 2.24) is 10.3 Å². The van der Waals surface area contributed by atoms with Crippen molar-refractivity contribution in [2.24, 2.45) is 5.92 Å². The van der Waals surface area contributed by atoms with Crippen molar-refractivity contribution in [3.8, 4) is 0 Å². The molecule has 0 amide bonds. The van der Waals surface area contributed by atoms with Crippen molar-refractivity contribution in [3.63, 3.8) is 0 Å². The third-order valence-corrected chi connectivity index (χ3v) is 3.32. The van der Waals surface area contributed by atoms with Crippen LogP contribution in [-0.4, -0.2) is 24.6 Å². The lowest BCUT2D eigenvalue weighted by atomic mass is 10.2. The molecule has 1 atom stereocenters. The average Bonchev–Trinajstić information content (AvgIpc) is 2.92. The van der Waals surface area contributed by atoms with Gasteiger partial charge in [0.2, 0.25) is 0 Å². The zero-order valence-electron chi connectivity index (χ0n) is 8.60. The van der Waals surface area contributed by atoms with Gasteiger partial charge in [-0.2, -0.15) is 0 Å². The fourth-order valence-corrected chi connectivity index (χ4v) is 2.07. The molecule has 1 aromatic rings. The lowest BCUT2D eigenvalue weighted by molar-refractivity contribution is -0.143. The minimum Gasteiger partial charge on any atom is -0.468 e. The Morgan fingerprint density at radius 1 is 1.80 bits per heavy atom. The van der Waals surface area contributed by atoms with Crippen molar-refractivity contribution in [2.45, 2.75) is 18.9 Å². The van der Waals surface area contributed by atoms with E-state index < -0.39 is 0 Å². The Kier molecular flexibility index (Phi) is 3.33. The Balaban J connectivity index is 1.98. The molecule has 1 N–H and O–H groups in total. The van der Waals surface area contributed by atoms with Crippen molar-refractivity contribution < 1.29 is 9.53 Å². The Morgan fingerprint density at radius 3 is 3.13 bits per heavy atom. The minimum atomic E-state index is -0.344. The summed E-state index contributed by atoms with van der Waals surface area (Å²) in [6, 6.07) is -0.344. The Hall–Kier alpha value is -0.940. The summed E-state index contributed by atoms with van der Waals surface area (Å²) in [7, 11) is 1.41. The second-order valence-electron chi connectivity index (χ2n) is 3.71.